The minimum Gasteiger partial charge on any atom is -0.507 e. The number of benzene rings is 4. The molecular weight excluding hydrogens is 538 g/mol. The van der Waals surface area contributed by atoms with E-state index < -0.39 is 6.10 Å². The molecule has 4 nitrogen and oxygen atoms in total. The first-order valence-corrected chi connectivity index (χ1v) is 13.2. The highest BCUT2D eigenvalue weighted by molar-refractivity contribution is 9.10. The fourth-order valence-corrected chi connectivity index (χ4v) is 5.59. The third kappa shape index (κ3) is 4.39. The second kappa shape index (κ2) is 9.92. The highest BCUT2D eigenvalue weighted by Crippen LogP contribution is 2.50. The molecule has 1 aliphatic carbocycles. The molecule has 0 radical (unpaired) electrons. The van der Waals surface area contributed by atoms with Crippen LogP contribution >= 0.6 is 15.9 Å². The Kier molecular flexibility index (Phi) is 6.30. The SMILES string of the molecule is CC(=O)OC1Cc2c(-c3ccc(-c4ccccc4)cn3)cccc2-c2c(O)ccc(-c3ccc(Br)cc3)c21. The normalized spacial score (nSPS) is 13.9. The fraction of sp³-hybridized carbons (Fsp3) is 0.0909. The number of phenols is 1. The van der Waals surface area contributed by atoms with Crippen LogP contribution in [-0.4, -0.2) is 16.1 Å². The van der Waals surface area contributed by atoms with Crippen LogP contribution in [0.3, 0.4) is 0 Å². The van der Waals surface area contributed by atoms with Crippen molar-refractivity contribution in [1.82, 2.24) is 4.98 Å². The number of pyridine rings is 1. The van der Waals surface area contributed by atoms with Crippen LogP contribution < -0.4 is 0 Å². The van der Waals surface area contributed by atoms with Crippen molar-refractivity contribution in [1.29, 1.82) is 0 Å². The number of rotatable bonds is 4. The number of nitrogens with zero attached hydrogens (tertiary/aromatic N) is 1. The summed E-state index contributed by atoms with van der Waals surface area (Å²) in [5, 5.41) is 11.1. The van der Waals surface area contributed by atoms with Gasteiger partial charge in [-0.25, -0.2) is 0 Å². The van der Waals surface area contributed by atoms with E-state index in [0.29, 0.717) is 12.0 Å². The Bertz CT molecular complexity index is 1650. The van der Waals surface area contributed by atoms with Crippen molar-refractivity contribution in [3.63, 3.8) is 0 Å². The Hall–Kier alpha value is -4.22. The van der Waals surface area contributed by atoms with E-state index in [0.717, 1.165) is 54.7 Å². The maximum absolute atomic E-state index is 12.2. The fourth-order valence-electron chi connectivity index (χ4n) is 5.33. The standard InChI is InChI=1S/C33H24BrNO3/c1-20(36)38-31-18-28-26(29-16-12-23(19-35-29)21-6-3-2-4-7-21)8-5-9-27(28)32-30(37)17-15-25(33(31)32)22-10-13-24(34)14-11-22/h2-17,19,31,37H,18H2,1H3. The number of aromatic hydroxyl groups is 1. The highest BCUT2D eigenvalue weighted by atomic mass is 79.9. The second-order valence-electron chi connectivity index (χ2n) is 9.36. The molecule has 0 saturated heterocycles. The summed E-state index contributed by atoms with van der Waals surface area (Å²) in [4.78, 5) is 17.0. The van der Waals surface area contributed by atoms with Crippen LogP contribution in [0.25, 0.3) is 44.6 Å². The van der Waals surface area contributed by atoms with Gasteiger partial charge in [0.2, 0.25) is 0 Å². The molecule has 0 bridgehead atoms. The summed E-state index contributed by atoms with van der Waals surface area (Å²) in [7, 11) is 0. The molecular formula is C33H24BrNO3. The van der Waals surface area contributed by atoms with Crippen molar-refractivity contribution in [3.8, 4) is 50.4 Å². The van der Waals surface area contributed by atoms with Gasteiger partial charge in [-0.3, -0.25) is 9.78 Å². The highest BCUT2D eigenvalue weighted by Gasteiger charge is 2.33. The summed E-state index contributed by atoms with van der Waals surface area (Å²) >= 11 is 3.50. The summed E-state index contributed by atoms with van der Waals surface area (Å²) in [5.41, 5.74) is 9.28. The number of fused-ring (bicyclic) bond motifs is 3. The first-order chi connectivity index (χ1) is 18.5. The van der Waals surface area contributed by atoms with Gasteiger partial charge in [-0.05, 0) is 52.1 Å². The number of carbonyl (C=O) groups excluding carboxylic acids is 1. The Balaban J connectivity index is 1.52. The van der Waals surface area contributed by atoms with Crippen molar-refractivity contribution in [3.05, 3.63) is 119 Å². The molecule has 38 heavy (non-hydrogen) atoms. The van der Waals surface area contributed by atoms with Crippen LogP contribution in [0.4, 0.5) is 0 Å². The van der Waals surface area contributed by atoms with Crippen LogP contribution in [0.1, 0.15) is 24.2 Å². The van der Waals surface area contributed by atoms with Gasteiger partial charge in [0, 0.05) is 46.3 Å². The third-order valence-corrected chi connectivity index (χ3v) is 7.52. The van der Waals surface area contributed by atoms with Gasteiger partial charge in [-0.2, -0.15) is 0 Å². The average Bonchev–Trinajstić information content (AvgIpc) is 2.94. The van der Waals surface area contributed by atoms with Gasteiger partial charge in [0.05, 0.1) is 5.69 Å². The van der Waals surface area contributed by atoms with Gasteiger partial charge in [0.25, 0.3) is 0 Å². The van der Waals surface area contributed by atoms with Crippen molar-refractivity contribution in [2.75, 3.05) is 0 Å². The van der Waals surface area contributed by atoms with Crippen LogP contribution in [0.2, 0.25) is 0 Å². The number of ether oxygens (including phenoxy) is 1. The van der Waals surface area contributed by atoms with Crippen LogP contribution in [0.15, 0.2) is 108 Å². The first-order valence-electron chi connectivity index (χ1n) is 12.4. The number of hydrogen-bond acceptors (Lipinski definition) is 4. The molecule has 1 N–H and O–H groups in total. The zero-order valence-electron chi connectivity index (χ0n) is 20.7. The van der Waals surface area contributed by atoms with Gasteiger partial charge >= 0.3 is 5.97 Å². The molecule has 1 aliphatic rings. The van der Waals surface area contributed by atoms with Gasteiger partial charge in [0.1, 0.15) is 11.9 Å². The van der Waals surface area contributed by atoms with E-state index in [2.05, 4.69) is 34.1 Å². The molecule has 5 heteroatoms. The number of esters is 1. The van der Waals surface area contributed by atoms with Crippen LogP contribution in [-0.2, 0) is 16.0 Å². The Labute approximate surface area is 229 Å². The smallest absolute Gasteiger partial charge is 0.303 e. The Morgan fingerprint density at radius 3 is 2.26 bits per heavy atom. The van der Waals surface area contributed by atoms with E-state index in [1.165, 1.54) is 6.92 Å². The first kappa shape index (κ1) is 24.1. The molecule has 5 aromatic rings. The quantitative estimate of drug-likeness (QED) is 0.224. The molecule has 186 valence electrons. The number of aromatic nitrogens is 1. The summed E-state index contributed by atoms with van der Waals surface area (Å²) < 4.78 is 6.88. The van der Waals surface area contributed by atoms with Crippen molar-refractivity contribution in [2.24, 2.45) is 0 Å². The molecule has 1 unspecified atom stereocenters. The molecule has 0 spiro atoms. The lowest BCUT2D eigenvalue weighted by molar-refractivity contribution is -0.146. The van der Waals surface area contributed by atoms with Crippen molar-refractivity contribution < 1.29 is 14.6 Å². The minimum absolute atomic E-state index is 0.156. The summed E-state index contributed by atoms with van der Waals surface area (Å²) in [6.07, 6.45) is 1.81. The summed E-state index contributed by atoms with van der Waals surface area (Å²) in [5.74, 6) is -0.208. The van der Waals surface area contributed by atoms with E-state index in [-0.39, 0.29) is 11.7 Å². The number of halogens is 1. The predicted molar refractivity (Wildman–Crippen MR) is 154 cm³/mol. The van der Waals surface area contributed by atoms with E-state index in [9.17, 15) is 9.90 Å². The lowest BCUT2D eigenvalue weighted by Crippen LogP contribution is -2.18. The summed E-state index contributed by atoms with van der Waals surface area (Å²) in [6.45, 7) is 1.42. The van der Waals surface area contributed by atoms with E-state index >= 15 is 0 Å². The largest absolute Gasteiger partial charge is 0.507 e. The number of hydrogen-bond donors (Lipinski definition) is 1. The van der Waals surface area contributed by atoms with E-state index in [1.807, 2.05) is 79.0 Å². The van der Waals surface area contributed by atoms with Gasteiger partial charge in [-0.1, -0.05) is 88.7 Å². The molecule has 0 fully saturated rings. The van der Waals surface area contributed by atoms with Gasteiger partial charge in [0.15, 0.2) is 0 Å². The van der Waals surface area contributed by atoms with E-state index in [4.69, 9.17) is 9.72 Å². The molecule has 1 heterocycles. The maximum Gasteiger partial charge on any atom is 0.303 e. The van der Waals surface area contributed by atoms with Crippen molar-refractivity contribution >= 4 is 21.9 Å². The van der Waals surface area contributed by atoms with Crippen LogP contribution in [0, 0.1) is 0 Å². The topological polar surface area (TPSA) is 59.4 Å². The van der Waals surface area contributed by atoms with Gasteiger partial charge in [-0.15, -0.1) is 0 Å². The molecule has 1 aromatic heterocycles. The predicted octanol–water partition coefficient (Wildman–Crippen LogP) is 8.38. The zero-order chi connectivity index (χ0) is 26.2. The molecule has 4 aromatic carbocycles. The van der Waals surface area contributed by atoms with E-state index in [1.54, 1.807) is 6.07 Å². The average molecular weight is 562 g/mol. The maximum atomic E-state index is 12.2. The number of phenolic OH excluding ortho intramolecular Hbond substituents is 1. The Morgan fingerprint density at radius 1 is 0.816 bits per heavy atom. The molecule has 0 saturated carbocycles. The lowest BCUT2D eigenvalue weighted by atomic mass is 9.77. The molecule has 0 aliphatic heterocycles. The Morgan fingerprint density at radius 2 is 1.55 bits per heavy atom. The molecule has 1 atom stereocenters. The van der Waals surface area contributed by atoms with Crippen molar-refractivity contribution in [2.45, 2.75) is 19.4 Å². The minimum atomic E-state index is -0.550. The monoisotopic (exact) mass is 561 g/mol. The van der Waals surface area contributed by atoms with Crippen LogP contribution in [0.5, 0.6) is 5.75 Å². The number of carbonyl (C=O) groups is 1. The zero-order valence-corrected chi connectivity index (χ0v) is 22.3. The lowest BCUT2D eigenvalue weighted by Gasteiger charge is -2.31. The van der Waals surface area contributed by atoms with Gasteiger partial charge < -0.3 is 9.84 Å². The third-order valence-electron chi connectivity index (χ3n) is 6.99. The second-order valence-corrected chi connectivity index (χ2v) is 10.3. The molecule has 6 rings (SSSR count). The molecule has 0 amide bonds. The summed E-state index contributed by atoms with van der Waals surface area (Å²) in [6, 6.07) is 31.9.